The second-order valence-corrected chi connectivity index (χ2v) is 15.0. The van der Waals surface area contributed by atoms with Gasteiger partial charge < -0.3 is 5.11 Å². The third-order valence-corrected chi connectivity index (χ3v) is 10.1. The van der Waals surface area contributed by atoms with Crippen molar-refractivity contribution in [1.82, 2.24) is 0 Å². The first kappa shape index (κ1) is 23.3. The summed E-state index contributed by atoms with van der Waals surface area (Å²) < 4.78 is 6.72. The monoisotopic (exact) mass is 409 g/mol. The Labute approximate surface area is 178 Å². The summed E-state index contributed by atoms with van der Waals surface area (Å²) in [7, 11) is -2.01. The molecule has 2 aromatic rings. The Hall–Kier alpha value is -1.97. The van der Waals surface area contributed by atoms with Crippen LogP contribution in [0.3, 0.4) is 0 Å². The van der Waals surface area contributed by atoms with E-state index in [4.69, 9.17) is 4.43 Å². The van der Waals surface area contributed by atoms with E-state index in [2.05, 4.69) is 54.6 Å². The highest BCUT2D eigenvalue weighted by atomic mass is 28.4. The van der Waals surface area contributed by atoms with Crippen LogP contribution in [0.5, 0.6) is 0 Å². The van der Waals surface area contributed by atoms with Gasteiger partial charge in [0.2, 0.25) is 6.10 Å². The lowest BCUT2D eigenvalue weighted by molar-refractivity contribution is 0.165. The van der Waals surface area contributed by atoms with Crippen LogP contribution < -0.4 is 0 Å². The van der Waals surface area contributed by atoms with Crippen LogP contribution in [-0.4, -0.2) is 13.4 Å². The number of benzene rings is 2. The van der Waals surface area contributed by atoms with Gasteiger partial charge in [-0.3, -0.25) is 0 Å². The smallest absolute Gasteiger partial charge is 0.261 e. The van der Waals surface area contributed by atoms with Crippen LogP contribution in [0.4, 0.5) is 0 Å². The average molecular weight is 410 g/mol. The standard InChI is InChI=1S/C26H36O2Si/c1-25(2,3)23(28-29(7,8)26(4,5)6)19-22(27)24(20-15-11-9-12-16-20)21-17-13-10-14-18-21/h9-18H,19H2,1-8H3/p+1. The maximum atomic E-state index is 11.3. The van der Waals surface area contributed by atoms with Crippen molar-refractivity contribution >= 4 is 13.9 Å². The summed E-state index contributed by atoms with van der Waals surface area (Å²) in [5, 5.41) is 11.4. The summed E-state index contributed by atoms with van der Waals surface area (Å²) in [6.45, 7) is 17.7. The molecule has 2 rings (SSSR count). The van der Waals surface area contributed by atoms with Gasteiger partial charge in [-0.25, -0.2) is 4.43 Å². The lowest BCUT2D eigenvalue weighted by Gasteiger charge is -2.35. The summed E-state index contributed by atoms with van der Waals surface area (Å²) in [6.07, 6.45) is 1.36. The molecule has 2 aromatic carbocycles. The summed E-state index contributed by atoms with van der Waals surface area (Å²) >= 11 is 0. The molecule has 3 heteroatoms. The van der Waals surface area contributed by atoms with Crippen LogP contribution in [0, 0.1) is 11.5 Å². The van der Waals surface area contributed by atoms with Gasteiger partial charge in [-0.2, -0.15) is 0 Å². The molecule has 156 valence electrons. The molecule has 0 fully saturated rings. The lowest BCUT2D eigenvalue weighted by atomic mass is 9.85. The number of aliphatic hydroxyl groups excluding tert-OH is 1. The molecule has 0 heterocycles. The molecule has 0 saturated heterocycles. The van der Waals surface area contributed by atoms with E-state index < -0.39 is 8.32 Å². The molecule has 0 aliphatic rings. The van der Waals surface area contributed by atoms with E-state index in [9.17, 15) is 5.11 Å². The van der Waals surface area contributed by atoms with E-state index in [0.717, 1.165) is 22.8 Å². The molecule has 0 unspecified atom stereocenters. The van der Waals surface area contributed by atoms with E-state index in [0.29, 0.717) is 12.2 Å². The molecule has 0 spiro atoms. The van der Waals surface area contributed by atoms with E-state index in [1.807, 2.05) is 60.7 Å². The fourth-order valence-corrected chi connectivity index (χ4v) is 4.17. The predicted molar refractivity (Wildman–Crippen MR) is 127 cm³/mol. The van der Waals surface area contributed by atoms with Crippen LogP contribution in [0.15, 0.2) is 66.4 Å². The zero-order valence-electron chi connectivity index (χ0n) is 19.3. The molecule has 29 heavy (non-hydrogen) atoms. The average Bonchev–Trinajstić information content (AvgIpc) is 2.61. The van der Waals surface area contributed by atoms with Crippen molar-refractivity contribution in [2.75, 3.05) is 0 Å². The Morgan fingerprint density at radius 1 is 0.828 bits per heavy atom. The molecule has 0 amide bonds. The van der Waals surface area contributed by atoms with Crippen LogP contribution in [0.1, 0.15) is 59.1 Å². The molecular weight excluding hydrogens is 372 g/mol. The van der Waals surface area contributed by atoms with E-state index in [1.165, 1.54) is 0 Å². The molecule has 0 aliphatic carbocycles. The SMILES string of the molecule is CC(C)(C)[C+](CC(O)=C(c1ccccc1)c1ccccc1)O[Si](C)(C)C(C)(C)C. The second-order valence-electron chi connectivity index (χ2n) is 10.3. The van der Waals surface area contributed by atoms with Crippen molar-refractivity contribution in [2.45, 2.75) is 66.1 Å². The molecule has 0 saturated carbocycles. The fourth-order valence-electron chi connectivity index (χ4n) is 2.87. The molecule has 0 bridgehead atoms. The third kappa shape index (κ3) is 6.00. The summed E-state index contributed by atoms with van der Waals surface area (Å²) in [5.74, 6) is 0.353. The van der Waals surface area contributed by atoms with Gasteiger partial charge in [-0.1, -0.05) is 81.4 Å². The van der Waals surface area contributed by atoms with Gasteiger partial charge in [0.15, 0.2) is 6.42 Å². The lowest BCUT2D eigenvalue weighted by Crippen LogP contribution is -2.44. The number of aliphatic hydroxyl groups is 1. The first-order chi connectivity index (χ1) is 13.3. The Kier molecular flexibility index (Phi) is 7.08. The van der Waals surface area contributed by atoms with Crippen molar-refractivity contribution in [2.24, 2.45) is 5.41 Å². The maximum absolute atomic E-state index is 11.3. The van der Waals surface area contributed by atoms with Crippen molar-refractivity contribution in [3.05, 3.63) is 83.7 Å². The normalized spacial score (nSPS) is 12.6. The van der Waals surface area contributed by atoms with Gasteiger partial charge in [0.05, 0.1) is 0 Å². The highest BCUT2D eigenvalue weighted by molar-refractivity contribution is 6.74. The molecule has 2 nitrogen and oxygen atoms in total. The molecule has 0 radical (unpaired) electrons. The number of hydrogen-bond donors (Lipinski definition) is 1. The Morgan fingerprint density at radius 3 is 1.59 bits per heavy atom. The Bertz CT molecular complexity index is 768. The largest absolute Gasteiger partial charge is 0.507 e. The molecule has 0 aliphatic heterocycles. The fraction of sp³-hybridized carbons (Fsp3) is 0.423. The minimum absolute atomic E-state index is 0.102. The quantitative estimate of drug-likeness (QED) is 0.297. The van der Waals surface area contributed by atoms with Gasteiger partial charge in [-0.05, 0) is 50.0 Å². The first-order valence-corrected chi connectivity index (χ1v) is 13.3. The second kappa shape index (κ2) is 8.81. The highest BCUT2D eigenvalue weighted by Gasteiger charge is 2.50. The molecular formula is C26H37O2Si+. The van der Waals surface area contributed by atoms with Crippen LogP contribution in [0.2, 0.25) is 18.1 Å². The summed E-state index contributed by atoms with van der Waals surface area (Å²) in [6, 6.07) is 20.2. The number of hydrogen-bond acceptors (Lipinski definition) is 2. The Balaban J connectivity index is 2.49. The minimum atomic E-state index is -2.01. The van der Waals surface area contributed by atoms with Crippen molar-refractivity contribution < 1.29 is 9.53 Å². The van der Waals surface area contributed by atoms with Gasteiger partial charge in [0.25, 0.3) is 8.32 Å². The summed E-state index contributed by atoms with van der Waals surface area (Å²) in [5.41, 5.74) is 2.72. The van der Waals surface area contributed by atoms with Gasteiger partial charge in [-0.15, -0.1) is 0 Å². The van der Waals surface area contributed by atoms with E-state index in [1.54, 1.807) is 0 Å². The van der Waals surface area contributed by atoms with Crippen molar-refractivity contribution in [1.29, 1.82) is 0 Å². The van der Waals surface area contributed by atoms with E-state index in [-0.39, 0.29) is 10.5 Å². The minimum Gasteiger partial charge on any atom is -0.507 e. The molecule has 0 aromatic heterocycles. The molecule has 0 atom stereocenters. The first-order valence-electron chi connectivity index (χ1n) is 10.4. The van der Waals surface area contributed by atoms with Gasteiger partial charge >= 0.3 is 0 Å². The van der Waals surface area contributed by atoms with E-state index >= 15 is 0 Å². The topological polar surface area (TPSA) is 29.5 Å². The van der Waals surface area contributed by atoms with Crippen LogP contribution >= 0.6 is 0 Å². The zero-order valence-corrected chi connectivity index (χ0v) is 20.3. The third-order valence-electron chi connectivity index (χ3n) is 5.76. The van der Waals surface area contributed by atoms with Gasteiger partial charge in [0.1, 0.15) is 11.2 Å². The zero-order chi connectivity index (χ0) is 21.9. The highest BCUT2D eigenvalue weighted by Crippen LogP contribution is 2.44. The maximum Gasteiger partial charge on any atom is 0.261 e. The van der Waals surface area contributed by atoms with Crippen molar-refractivity contribution in [3.8, 4) is 0 Å². The van der Waals surface area contributed by atoms with Crippen LogP contribution in [-0.2, 0) is 4.43 Å². The van der Waals surface area contributed by atoms with Crippen LogP contribution in [0.25, 0.3) is 5.57 Å². The number of rotatable bonds is 6. The summed E-state index contributed by atoms with van der Waals surface area (Å²) in [4.78, 5) is 0. The van der Waals surface area contributed by atoms with Crippen molar-refractivity contribution in [3.63, 3.8) is 0 Å². The predicted octanol–water partition coefficient (Wildman–Crippen LogP) is 7.99. The van der Waals surface area contributed by atoms with Gasteiger partial charge in [0, 0.05) is 5.57 Å². The Morgan fingerprint density at radius 2 is 1.24 bits per heavy atom. The molecule has 1 N–H and O–H groups in total.